The van der Waals surface area contributed by atoms with Crippen LogP contribution in [-0.2, 0) is 0 Å². The summed E-state index contributed by atoms with van der Waals surface area (Å²) >= 11 is 5.39. The molecule has 0 spiro atoms. The van der Waals surface area contributed by atoms with Crippen molar-refractivity contribution in [2.24, 2.45) is 0 Å². The number of hydrogen-bond acceptors (Lipinski definition) is 5. The number of para-hydroxylation sites is 1. The van der Waals surface area contributed by atoms with Gasteiger partial charge in [-0.25, -0.2) is 4.98 Å². The van der Waals surface area contributed by atoms with E-state index in [1.54, 1.807) is 38.5 Å². The minimum Gasteiger partial charge on any atom is -0.497 e. The molecule has 0 aliphatic carbocycles. The topological polar surface area (TPSA) is 72.5 Å². The van der Waals surface area contributed by atoms with Gasteiger partial charge in [0.2, 0.25) is 0 Å². The number of thiocarbonyl (C=S) groups is 1. The van der Waals surface area contributed by atoms with E-state index in [-0.39, 0.29) is 11.0 Å². The average molecular weight is 444 g/mol. The van der Waals surface area contributed by atoms with Gasteiger partial charge >= 0.3 is 0 Å². The number of benzene rings is 3. The minimum absolute atomic E-state index is 0.142. The second-order valence-electron chi connectivity index (χ2n) is 6.91. The molecule has 0 fully saturated rings. The number of fused-ring (bicyclic) bond motifs is 1. The molecule has 32 heavy (non-hydrogen) atoms. The molecule has 6 nitrogen and oxygen atoms in total. The molecular weight excluding hydrogens is 422 g/mol. The Hall–Kier alpha value is -3.97. The molecule has 7 heteroatoms. The maximum absolute atomic E-state index is 13.2. The Labute approximate surface area is 191 Å². The molecule has 160 valence electrons. The second kappa shape index (κ2) is 9.45. The predicted octanol–water partition coefficient (Wildman–Crippen LogP) is 5.05. The van der Waals surface area contributed by atoms with E-state index >= 15 is 0 Å². The number of rotatable bonds is 5. The number of methoxy groups -OCH3 is 2. The molecule has 1 aromatic heterocycles. The molecule has 0 aliphatic heterocycles. The van der Waals surface area contributed by atoms with Crippen LogP contribution in [0.15, 0.2) is 78.9 Å². The Morgan fingerprint density at radius 3 is 2.41 bits per heavy atom. The molecule has 0 radical (unpaired) electrons. The number of carbonyl (C=O) groups excluding carboxylic acids is 1. The van der Waals surface area contributed by atoms with Gasteiger partial charge in [-0.05, 0) is 36.5 Å². The Kier molecular flexibility index (Phi) is 6.28. The lowest BCUT2D eigenvalue weighted by atomic mass is 10.0. The summed E-state index contributed by atoms with van der Waals surface area (Å²) in [6.07, 6.45) is 0. The van der Waals surface area contributed by atoms with Crippen molar-refractivity contribution >= 4 is 39.8 Å². The van der Waals surface area contributed by atoms with E-state index in [0.29, 0.717) is 28.4 Å². The number of ether oxygens (including phenoxy) is 2. The number of nitrogens with one attached hydrogen (secondary N) is 2. The van der Waals surface area contributed by atoms with Crippen LogP contribution in [-0.4, -0.2) is 30.2 Å². The fourth-order valence-corrected chi connectivity index (χ4v) is 3.56. The highest BCUT2D eigenvalue weighted by Gasteiger charge is 2.16. The molecule has 4 aromatic rings. The maximum atomic E-state index is 13.2. The van der Waals surface area contributed by atoms with Gasteiger partial charge in [-0.1, -0.05) is 48.5 Å². The molecule has 1 amide bonds. The second-order valence-corrected chi connectivity index (χ2v) is 7.32. The fourth-order valence-electron chi connectivity index (χ4n) is 3.36. The molecule has 1 heterocycles. The van der Waals surface area contributed by atoms with Crippen molar-refractivity contribution in [1.82, 2.24) is 10.3 Å². The summed E-state index contributed by atoms with van der Waals surface area (Å²) in [5.74, 6) is 0.873. The van der Waals surface area contributed by atoms with Gasteiger partial charge in [0.15, 0.2) is 5.11 Å². The minimum atomic E-state index is -0.333. The summed E-state index contributed by atoms with van der Waals surface area (Å²) in [4.78, 5) is 17.9. The van der Waals surface area contributed by atoms with Gasteiger partial charge in [-0.2, -0.15) is 0 Å². The third kappa shape index (κ3) is 4.53. The largest absolute Gasteiger partial charge is 0.497 e. The van der Waals surface area contributed by atoms with Crippen molar-refractivity contribution in [3.05, 3.63) is 84.4 Å². The summed E-state index contributed by atoms with van der Waals surface area (Å²) < 4.78 is 10.6. The van der Waals surface area contributed by atoms with Crippen molar-refractivity contribution in [2.75, 3.05) is 19.5 Å². The third-order valence-corrected chi connectivity index (χ3v) is 5.12. The van der Waals surface area contributed by atoms with Gasteiger partial charge in [0, 0.05) is 17.0 Å². The Balaban J connectivity index is 1.63. The number of pyridine rings is 1. The first kappa shape index (κ1) is 21.3. The SMILES string of the molecule is COc1ccc(OC)c(NC(=S)NC(=O)c2cc(-c3ccccc3)nc3ccccc23)c1. The number of aromatic nitrogens is 1. The zero-order valence-electron chi connectivity index (χ0n) is 17.6. The molecule has 3 aromatic carbocycles. The summed E-state index contributed by atoms with van der Waals surface area (Å²) in [7, 11) is 3.13. The lowest BCUT2D eigenvalue weighted by Gasteiger charge is -2.15. The first-order valence-electron chi connectivity index (χ1n) is 9.88. The van der Waals surface area contributed by atoms with Gasteiger partial charge in [0.1, 0.15) is 11.5 Å². The van der Waals surface area contributed by atoms with Gasteiger partial charge < -0.3 is 14.8 Å². The molecule has 2 N–H and O–H groups in total. The van der Waals surface area contributed by atoms with E-state index < -0.39 is 0 Å². The van der Waals surface area contributed by atoms with Gasteiger partial charge in [0.25, 0.3) is 5.91 Å². The molecule has 0 saturated heterocycles. The van der Waals surface area contributed by atoms with Crippen molar-refractivity contribution in [1.29, 1.82) is 0 Å². The first-order valence-corrected chi connectivity index (χ1v) is 10.3. The monoisotopic (exact) mass is 443 g/mol. The number of amides is 1. The van der Waals surface area contributed by atoms with Crippen LogP contribution in [0.5, 0.6) is 11.5 Å². The van der Waals surface area contributed by atoms with Gasteiger partial charge in [-0.3, -0.25) is 10.1 Å². The van der Waals surface area contributed by atoms with Crippen LogP contribution < -0.4 is 20.1 Å². The quantitative estimate of drug-likeness (QED) is 0.421. The van der Waals surface area contributed by atoms with Crippen LogP contribution in [0, 0.1) is 0 Å². The molecule has 0 saturated carbocycles. The average Bonchev–Trinajstić information content (AvgIpc) is 2.83. The summed E-state index contributed by atoms with van der Waals surface area (Å²) in [5.41, 5.74) is 3.43. The van der Waals surface area contributed by atoms with E-state index in [2.05, 4.69) is 10.6 Å². The normalized spacial score (nSPS) is 10.4. The van der Waals surface area contributed by atoms with E-state index in [9.17, 15) is 4.79 Å². The third-order valence-electron chi connectivity index (χ3n) is 4.91. The zero-order valence-corrected chi connectivity index (χ0v) is 18.4. The highest BCUT2D eigenvalue weighted by Crippen LogP contribution is 2.29. The lowest BCUT2D eigenvalue weighted by molar-refractivity contribution is 0.0979. The van der Waals surface area contributed by atoms with Crippen molar-refractivity contribution in [3.63, 3.8) is 0 Å². The van der Waals surface area contributed by atoms with Crippen molar-refractivity contribution in [2.45, 2.75) is 0 Å². The maximum Gasteiger partial charge on any atom is 0.258 e. The van der Waals surface area contributed by atoms with E-state index in [4.69, 9.17) is 26.7 Å². The van der Waals surface area contributed by atoms with Crippen LogP contribution >= 0.6 is 12.2 Å². The summed E-state index contributed by atoms with van der Waals surface area (Å²) in [5, 5.41) is 6.66. The highest BCUT2D eigenvalue weighted by molar-refractivity contribution is 7.80. The Morgan fingerprint density at radius 1 is 0.906 bits per heavy atom. The Bertz CT molecular complexity index is 1290. The van der Waals surface area contributed by atoms with E-state index in [1.807, 2.05) is 54.6 Å². The number of hydrogen-bond donors (Lipinski definition) is 2. The summed E-state index contributed by atoms with van der Waals surface area (Å²) in [6, 6.07) is 24.3. The smallest absolute Gasteiger partial charge is 0.258 e. The molecule has 4 rings (SSSR count). The van der Waals surface area contributed by atoms with Gasteiger partial charge in [-0.15, -0.1) is 0 Å². The predicted molar refractivity (Wildman–Crippen MR) is 130 cm³/mol. The molecule has 0 atom stereocenters. The van der Waals surface area contributed by atoms with Crippen LogP contribution in [0.4, 0.5) is 5.69 Å². The lowest BCUT2D eigenvalue weighted by Crippen LogP contribution is -2.34. The van der Waals surface area contributed by atoms with Gasteiger partial charge in [0.05, 0.1) is 36.7 Å². The van der Waals surface area contributed by atoms with Crippen LogP contribution in [0.25, 0.3) is 22.2 Å². The van der Waals surface area contributed by atoms with Crippen LogP contribution in [0.1, 0.15) is 10.4 Å². The van der Waals surface area contributed by atoms with Crippen molar-refractivity contribution < 1.29 is 14.3 Å². The van der Waals surface area contributed by atoms with E-state index in [0.717, 1.165) is 16.5 Å². The molecule has 0 unspecified atom stereocenters. The highest BCUT2D eigenvalue weighted by atomic mass is 32.1. The number of carbonyl (C=O) groups is 1. The molecule has 0 aliphatic rings. The summed E-state index contributed by atoms with van der Waals surface area (Å²) in [6.45, 7) is 0. The fraction of sp³-hybridized carbons (Fsp3) is 0.0800. The zero-order chi connectivity index (χ0) is 22.5. The van der Waals surface area contributed by atoms with Crippen LogP contribution in [0.3, 0.4) is 0 Å². The van der Waals surface area contributed by atoms with Crippen molar-refractivity contribution in [3.8, 4) is 22.8 Å². The molecule has 0 bridgehead atoms. The standard InChI is InChI=1S/C25H21N3O3S/c1-30-17-12-13-23(31-2)22(14-17)27-25(32)28-24(29)19-15-21(16-8-4-3-5-9-16)26-20-11-7-6-10-18(19)20/h3-15H,1-2H3,(H2,27,28,29,32). The number of nitrogens with zero attached hydrogens (tertiary/aromatic N) is 1. The Morgan fingerprint density at radius 2 is 1.66 bits per heavy atom. The number of anilines is 1. The first-order chi connectivity index (χ1) is 15.6. The van der Waals surface area contributed by atoms with E-state index in [1.165, 1.54) is 0 Å². The molecular formula is C25H21N3O3S. The van der Waals surface area contributed by atoms with Crippen LogP contribution in [0.2, 0.25) is 0 Å².